The standard InChI is InChI=1S/C18H21N5O4S/c1-11(28-18-22-21-16(23(18)19)14-5-4-8-27-14)17(24)20-10-12-6-7-13(25-2)15(9-12)26-3/h4-9,11H,10,19H2,1-3H3,(H,20,24)/t11-/m0/s1. The van der Waals surface area contributed by atoms with Crippen molar-refractivity contribution in [1.29, 1.82) is 0 Å². The molecule has 3 N–H and O–H groups in total. The third-order valence-corrected chi connectivity index (χ3v) is 5.03. The molecule has 148 valence electrons. The van der Waals surface area contributed by atoms with Crippen molar-refractivity contribution in [3.05, 3.63) is 42.2 Å². The normalized spacial score (nSPS) is 11.8. The molecule has 9 nitrogen and oxygen atoms in total. The van der Waals surface area contributed by atoms with Crippen molar-refractivity contribution in [1.82, 2.24) is 20.2 Å². The van der Waals surface area contributed by atoms with Crippen molar-refractivity contribution in [3.63, 3.8) is 0 Å². The summed E-state index contributed by atoms with van der Waals surface area (Å²) in [5, 5.41) is 10.9. The van der Waals surface area contributed by atoms with Crippen LogP contribution in [0.2, 0.25) is 0 Å². The minimum absolute atomic E-state index is 0.151. The number of methoxy groups -OCH3 is 2. The Morgan fingerprint density at radius 3 is 2.75 bits per heavy atom. The molecule has 0 saturated heterocycles. The van der Waals surface area contributed by atoms with Gasteiger partial charge >= 0.3 is 0 Å². The number of furan rings is 1. The number of carbonyl (C=O) groups excluding carboxylic acids is 1. The highest BCUT2D eigenvalue weighted by atomic mass is 32.2. The van der Waals surface area contributed by atoms with Gasteiger partial charge in [-0.05, 0) is 36.8 Å². The Morgan fingerprint density at radius 2 is 2.07 bits per heavy atom. The number of hydrogen-bond acceptors (Lipinski definition) is 8. The van der Waals surface area contributed by atoms with Crippen molar-refractivity contribution in [2.24, 2.45) is 0 Å². The third kappa shape index (κ3) is 4.22. The van der Waals surface area contributed by atoms with Gasteiger partial charge in [-0.25, -0.2) is 4.68 Å². The Morgan fingerprint density at radius 1 is 1.29 bits per heavy atom. The Hall–Kier alpha value is -3.14. The van der Waals surface area contributed by atoms with Gasteiger partial charge < -0.3 is 25.1 Å². The fraction of sp³-hybridized carbons (Fsp3) is 0.278. The largest absolute Gasteiger partial charge is 0.493 e. The lowest BCUT2D eigenvalue weighted by atomic mass is 10.2. The Labute approximate surface area is 166 Å². The topological polar surface area (TPSA) is 117 Å². The van der Waals surface area contributed by atoms with Crippen LogP contribution in [0.15, 0.2) is 46.2 Å². The minimum Gasteiger partial charge on any atom is -0.493 e. The van der Waals surface area contributed by atoms with Crippen LogP contribution in [0, 0.1) is 0 Å². The van der Waals surface area contributed by atoms with Gasteiger partial charge in [0.05, 0.1) is 25.7 Å². The number of aromatic nitrogens is 3. The summed E-state index contributed by atoms with van der Waals surface area (Å²) in [6, 6.07) is 8.96. The van der Waals surface area contributed by atoms with E-state index in [4.69, 9.17) is 19.7 Å². The molecule has 0 saturated carbocycles. The van der Waals surface area contributed by atoms with E-state index in [1.54, 1.807) is 39.3 Å². The molecule has 0 spiro atoms. The van der Waals surface area contributed by atoms with Crippen LogP contribution in [0.4, 0.5) is 0 Å². The number of amides is 1. The average molecular weight is 403 g/mol. The zero-order valence-electron chi connectivity index (χ0n) is 15.7. The lowest BCUT2D eigenvalue weighted by Gasteiger charge is -2.13. The van der Waals surface area contributed by atoms with Gasteiger partial charge in [0.15, 0.2) is 17.3 Å². The van der Waals surface area contributed by atoms with Gasteiger partial charge in [0.25, 0.3) is 0 Å². The second-order valence-corrected chi connectivity index (χ2v) is 7.13. The van der Waals surface area contributed by atoms with Gasteiger partial charge in [0.1, 0.15) is 0 Å². The number of nitrogen functional groups attached to an aromatic ring is 1. The maximum atomic E-state index is 12.4. The molecule has 1 aromatic carbocycles. The molecule has 3 rings (SSSR count). The number of nitrogens with one attached hydrogen (secondary N) is 1. The molecule has 0 fully saturated rings. The van der Waals surface area contributed by atoms with Gasteiger partial charge in [0, 0.05) is 6.54 Å². The Bertz CT molecular complexity index is 942. The van der Waals surface area contributed by atoms with Gasteiger partial charge in [-0.15, -0.1) is 10.2 Å². The first-order valence-electron chi connectivity index (χ1n) is 8.43. The van der Waals surface area contributed by atoms with E-state index in [0.29, 0.717) is 34.8 Å². The fourth-order valence-electron chi connectivity index (χ4n) is 2.47. The summed E-state index contributed by atoms with van der Waals surface area (Å²) in [5.41, 5.74) is 0.894. The second-order valence-electron chi connectivity index (χ2n) is 5.82. The number of nitrogens with zero attached hydrogens (tertiary/aromatic N) is 3. The van der Waals surface area contributed by atoms with Gasteiger partial charge in [0.2, 0.25) is 16.9 Å². The molecule has 0 aliphatic heterocycles. The van der Waals surface area contributed by atoms with Crippen LogP contribution in [0.25, 0.3) is 11.6 Å². The molecule has 28 heavy (non-hydrogen) atoms. The van der Waals surface area contributed by atoms with Crippen molar-refractivity contribution in [2.45, 2.75) is 23.9 Å². The van der Waals surface area contributed by atoms with Crippen LogP contribution in [0.1, 0.15) is 12.5 Å². The lowest BCUT2D eigenvalue weighted by Crippen LogP contribution is -2.30. The summed E-state index contributed by atoms with van der Waals surface area (Å²) < 4.78 is 17.1. The quantitative estimate of drug-likeness (QED) is 0.434. The highest BCUT2D eigenvalue weighted by Crippen LogP contribution is 2.28. The Kier molecular flexibility index (Phi) is 6.09. The van der Waals surface area contributed by atoms with Crippen molar-refractivity contribution in [2.75, 3.05) is 20.1 Å². The molecular formula is C18H21N5O4S. The predicted molar refractivity (Wildman–Crippen MR) is 105 cm³/mol. The molecule has 1 amide bonds. The van der Waals surface area contributed by atoms with Crippen molar-refractivity contribution >= 4 is 17.7 Å². The highest BCUT2D eigenvalue weighted by molar-refractivity contribution is 8.00. The molecule has 1 atom stereocenters. The summed E-state index contributed by atoms with van der Waals surface area (Å²) in [5.74, 6) is 8.02. The van der Waals surface area contributed by atoms with Gasteiger partial charge in [-0.2, -0.15) is 0 Å². The van der Waals surface area contributed by atoms with Gasteiger partial charge in [-0.1, -0.05) is 17.8 Å². The summed E-state index contributed by atoms with van der Waals surface area (Å²) in [6.07, 6.45) is 1.53. The van der Waals surface area contributed by atoms with E-state index in [2.05, 4.69) is 15.5 Å². The number of carbonyl (C=O) groups is 1. The number of thioether (sulfide) groups is 1. The molecule has 2 heterocycles. The SMILES string of the molecule is COc1ccc(CNC(=O)[C@H](C)Sc2nnc(-c3ccco3)n2N)cc1OC. The summed E-state index contributed by atoms with van der Waals surface area (Å²) in [7, 11) is 3.14. The molecule has 3 aromatic rings. The average Bonchev–Trinajstić information content (AvgIpc) is 3.36. The van der Waals surface area contributed by atoms with Gasteiger partial charge in [-0.3, -0.25) is 4.79 Å². The first-order chi connectivity index (χ1) is 13.5. The molecule has 0 aliphatic carbocycles. The van der Waals surface area contributed by atoms with E-state index >= 15 is 0 Å². The van der Waals surface area contributed by atoms with Crippen LogP contribution in [0.5, 0.6) is 11.5 Å². The van der Waals surface area contributed by atoms with Crippen LogP contribution < -0.4 is 20.6 Å². The predicted octanol–water partition coefficient (Wildman–Crippen LogP) is 2.07. The van der Waals surface area contributed by atoms with E-state index in [9.17, 15) is 4.79 Å². The number of hydrogen-bond donors (Lipinski definition) is 2. The van der Waals surface area contributed by atoms with Crippen LogP contribution in [-0.4, -0.2) is 40.3 Å². The van der Waals surface area contributed by atoms with E-state index < -0.39 is 5.25 Å². The van der Waals surface area contributed by atoms with E-state index in [0.717, 1.165) is 5.56 Å². The van der Waals surface area contributed by atoms with E-state index in [1.165, 1.54) is 22.7 Å². The molecule has 10 heteroatoms. The number of benzene rings is 1. The van der Waals surface area contributed by atoms with Crippen molar-refractivity contribution < 1.29 is 18.7 Å². The number of nitrogens with two attached hydrogens (primary N) is 1. The molecule has 0 aliphatic rings. The summed E-state index contributed by atoms with van der Waals surface area (Å²) in [6.45, 7) is 2.13. The highest BCUT2D eigenvalue weighted by Gasteiger charge is 2.20. The zero-order valence-corrected chi connectivity index (χ0v) is 16.5. The third-order valence-electron chi connectivity index (χ3n) is 3.97. The first kappa shape index (κ1) is 19.6. The van der Waals surface area contributed by atoms with E-state index in [1.807, 2.05) is 12.1 Å². The molecular weight excluding hydrogens is 382 g/mol. The Balaban J connectivity index is 1.60. The molecule has 2 aromatic heterocycles. The minimum atomic E-state index is -0.420. The molecule has 0 radical (unpaired) electrons. The smallest absolute Gasteiger partial charge is 0.233 e. The maximum Gasteiger partial charge on any atom is 0.233 e. The maximum absolute atomic E-state index is 12.4. The summed E-state index contributed by atoms with van der Waals surface area (Å²) >= 11 is 1.21. The summed E-state index contributed by atoms with van der Waals surface area (Å²) in [4.78, 5) is 12.4. The number of rotatable bonds is 8. The van der Waals surface area contributed by atoms with Crippen LogP contribution in [-0.2, 0) is 11.3 Å². The van der Waals surface area contributed by atoms with Crippen LogP contribution >= 0.6 is 11.8 Å². The van der Waals surface area contributed by atoms with Crippen LogP contribution in [0.3, 0.4) is 0 Å². The lowest BCUT2D eigenvalue weighted by molar-refractivity contribution is -0.120. The van der Waals surface area contributed by atoms with Crippen molar-refractivity contribution in [3.8, 4) is 23.1 Å². The zero-order chi connectivity index (χ0) is 20.1. The van der Waals surface area contributed by atoms with E-state index in [-0.39, 0.29) is 5.91 Å². The molecule has 0 unspecified atom stereocenters. The first-order valence-corrected chi connectivity index (χ1v) is 9.31. The molecule has 0 bridgehead atoms. The second kappa shape index (κ2) is 8.70. The number of ether oxygens (including phenoxy) is 2. The monoisotopic (exact) mass is 403 g/mol. The fourth-order valence-corrected chi connectivity index (χ4v) is 3.26.